The Kier molecular flexibility index (Phi) is 6.80. The van der Waals surface area contributed by atoms with Crippen molar-refractivity contribution in [1.29, 1.82) is 0 Å². The van der Waals surface area contributed by atoms with Gasteiger partial charge in [0, 0.05) is 25.7 Å². The molecule has 2 aliphatic heterocycles. The van der Waals surface area contributed by atoms with Crippen LogP contribution >= 0.6 is 0 Å². The third-order valence-corrected chi connectivity index (χ3v) is 4.86. The summed E-state index contributed by atoms with van der Waals surface area (Å²) in [6.07, 6.45) is 7.42. The van der Waals surface area contributed by atoms with Gasteiger partial charge in [-0.3, -0.25) is 4.79 Å². The van der Waals surface area contributed by atoms with E-state index in [0.717, 1.165) is 57.9 Å². The van der Waals surface area contributed by atoms with Crippen LogP contribution in [0, 0.1) is 11.8 Å². The minimum atomic E-state index is 0.252. The first-order valence-corrected chi connectivity index (χ1v) is 8.37. The molecule has 116 valence electrons. The molecule has 2 aliphatic rings. The fraction of sp³-hybridized carbons (Fsp3) is 0.938. The van der Waals surface area contributed by atoms with Crippen LogP contribution in [0.15, 0.2) is 0 Å². The smallest absolute Gasteiger partial charge is 0.220 e. The number of amides is 1. The maximum atomic E-state index is 12.1. The summed E-state index contributed by atoms with van der Waals surface area (Å²) in [4.78, 5) is 12.1. The lowest BCUT2D eigenvalue weighted by molar-refractivity contribution is -0.122. The van der Waals surface area contributed by atoms with Crippen LogP contribution in [0.4, 0.5) is 0 Å². The average Bonchev–Trinajstić information content (AvgIpc) is 2.52. The molecular weight excluding hydrogens is 252 g/mol. The maximum Gasteiger partial charge on any atom is 0.220 e. The third kappa shape index (κ3) is 5.06. The van der Waals surface area contributed by atoms with Gasteiger partial charge in [0.2, 0.25) is 5.91 Å². The maximum absolute atomic E-state index is 12.1. The standard InChI is InChI=1S/C16H30N2O2/c1-2-15(14-7-11-20-12-8-14)18-16(19)4-3-13-5-9-17-10-6-13/h13-15,17H,2-12H2,1H3,(H,18,19). The number of ether oxygens (including phenoxy) is 1. The van der Waals surface area contributed by atoms with Crippen LogP contribution in [0.5, 0.6) is 0 Å². The highest BCUT2D eigenvalue weighted by atomic mass is 16.5. The number of hydrogen-bond acceptors (Lipinski definition) is 3. The predicted molar refractivity (Wildman–Crippen MR) is 80.6 cm³/mol. The second-order valence-electron chi connectivity index (χ2n) is 6.26. The molecule has 0 aromatic carbocycles. The van der Waals surface area contributed by atoms with Crippen LogP contribution in [0.1, 0.15) is 51.9 Å². The van der Waals surface area contributed by atoms with Crippen LogP contribution in [-0.2, 0) is 9.53 Å². The van der Waals surface area contributed by atoms with E-state index in [1.165, 1.54) is 12.8 Å². The topological polar surface area (TPSA) is 50.4 Å². The molecule has 1 amide bonds. The molecule has 2 heterocycles. The summed E-state index contributed by atoms with van der Waals surface area (Å²) < 4.78 is 5.41. The van der Waals surface area contributed by atoms with Crippen molar-refractivity contribution in [3.63, 3.8) is 0 Å². The summed E-state index contributed by atoms with van der Waals surface area (Å²) in [6, 6.07) is 0.347. The first-order chi connectivity index (χ1) is 9.79. The zero-order chi connectivity index (χ0) is 14.2. The normalized spacial score (nSPS) is 23.4. The summed E-state index contributed by atoms with van der Waals surface area (Å²) in [6.45, 7) is 6.11. The van der Waals surface area contributed by atoms with Gasteiger partial charge in [0.25, 0.3) is 0 Å². The number of rotatable bonds is 6. The Hall–Kier alpha value is -0.610. The van der Waals surface area contributed by atoms with Crippen molar-refractivity contribution in [2.45, 2.75) is 57.9 Å². The molecule has 1 atom stereocenters. The minimum Gasteiger partial charge on any atom is -0.381 e. The highest BCUT2D eigenvalue weighted by molar-refractivity contribution is 5.76. The molecule has 0 aromatic heterocycles. The minimum absolute atomic E-state index is 0.252. The van der Waals surface area contributed by atoms with E-state index >= 15 is 0 Å². The quantitative estimate of drug-likeness (QED) is 0.784. The number of piperidine rings is 1. The van der Waals surface area contributed by atoms with Gasteiger partial charge in [-0.1, -0.05) is 6.92 Å². The predicted octanol–water partition coefficient (Wildman–Crippen LogP) is 2.09. The lowest BCUT2D eigenvalue weighted by Gasteiger charge is -2.30. The van der Waals surface area contributed by atoms with E-state index in [1.54, 1.807) is 0 Å². The highest BCUT2D eigenvalue weighted by Gasteiger charge is 2.24. The number of carbonyl (C=O) groups is 1. The molecule has 0 radical (unpaired) electrons. The molecule has 0 aliphatic carbocycles. The molecule has 1 unspecified atom stereocenters. The Morgan fingerprint density at radius 2 is 1.95 bits per heavy atom. The number of nitrogens with one attached hydrogen (secondary N) is 2. The number of hydrogen-bond donors (Lipinski definition) is 2. The average molecular weight is 282 g/mol. The largest absolute Gasteiger partial charge is 0.381 e. The van der Waals surface area contributed by atoms with Crippen molar-refractivity contribution >= 4 is 5.91 Å². The van der Waals surface area contributed by atoms with Crippen molar-refractivity contribution in [2.24, 2.45) is 11.8 Å². The molecular formula is C16H30N2O2. The fourth-order valence-electron chi connectivity index (χ4n) is 3.46. The first-order valence-electron chi connectivity index (χ1n) is 8.37. The van der Waals surface area contributed by atoms with Gasteiger partial charge in [0.05, 0.1) is 0 Å². The van der Waals surface area contributed by atoms with Crippen molar-refractivity contribution in [1.82, 2.24) is 10.6 Å². The van der Waals surface area contributed by atoms with Gasteiger partial charge >= 0.3 is 0 Å². The van der Waals surface area contributed by atoms with E-state index in [4.69, 9.17) is 4.74 Å². The van der Waals surface area contributed by atoms with Gasteiger partial charge in [-0.2, -0.15) is 0 Å². The van der Waals surface area contributed by atoms with E-state index in [-0.39, 0.29) is 5.91 Å². The second kappa shape index (κ2) is 8.63. The third-order valence-electron chi connectivity index (χ3n) is 4.86. The summed E-state index contributed by atoms with van der Waals surface area (Å²) in [7, 11) is 0. The molecule has 4 nitrogen and oxygen atoms in total. The molecule has 2 fully saturated rings. The Bertz CT molecular complexity index is 284. The second-order valence-corrected chi connectivity index (χ2v) is 6.26. The molecule has 0 bridgehead atoms. The molecule has 2 N–H and O–H groups in total. The Balaban J connectivity index is 1.68. The lowest BCUT2D eigenvalue weighted by Crippen LogP contribution is -2.42. The van der Waals surface area contributed by atoms with Gasteiger partial charge < -0.3 is 15.4 Å². The fourth-order valence-corrected chi connectivity index (χ4v) is 3.46. The summed E-state index contributed by atoms with van der Waals surface area (Å²) in [5, 5.41) is 6.64. The zero-order valence-corrected chi connectivity index (χ0v) is 12.8. The van der Waals surface area contributed by atoms with E-state index in [1.807, 2.05) is 0 Å². The van der Waals surface area contributed by atoms with Gasteiger partial charge in [0.1, 0.15) is 0 Å². The molecule has 0 saturated carbocycles. The zero-order valence-electron chi connectivity index (χ0n) is 12.8. The molecule has 2 rings (SSSR count). The first kappa shape index (κ1) is 15.8. The van der Waals surface area contributed by atoms with Crippen molar-refractivity contribution in [2.75, 3.05) is 26.3 Å². The number of carbonyl (C=O) groups excluding carboxylic acids is 1. The van der Waals surface area contributed by atoms with Gasteiger partial charge in [-0.05, 0) is 63.5 Å². The molecule has 20 heavy (non-hydrogen) atoms. The summed E-state index contributed by atoms with van der Waals surface area (Å²) >= 11 is 0. The van der Waals surface area contributed by atoms with Crippen LogP contribution in [-0.4, -0.2) is 38.3 Å². The SMILES string of the molecule is CCC(NC(=O)CCC1CCNCC1)C1CCOCC1. The Morgan fingerprint density at radius 1 is 1.25 bits per heavy atom. The van der Waals surface area contributed by atoms with Gasteiger partial charge in [-0.25, -0.2) is 0 Å². The van der Waals surface area contributed by atoms with Gasteiger partial charge in [0.15, 0.2) is 0 Å². The van der Waals surface area contributed by atoms with Crippen molar-refractivity contribution in [3.8, 4) is 0 Å². The lowest BCUT2D eigenvalue weighted by atomic mass is 9.89. The van der Waals surface area contributed by atoms with Crippen molar-refractivity contribution < 1.29 is 9.53 Å². The van der Waals surface area contributed by atoms with E-state index in [0.29, 0.717) is 18.4 Å². The Labute approximate surface area is 123 Å². The van der Waals surface area contributed by atoms with E-state index < -0.39 is 0 Å². The van der Waals surface area contributed by atoms with Crippen molar-refractivity contribution in [3.05, 3.63) is 0 Å². The van der Waals surface area contributed by atoms with Crippen LogP contribution in [0.25, 0.3) is 0 Å². The molecule has 2 saturated heterocycles. The molecule has 0 aromatic rings. The van der Waals surface area contributed by atoms with Crippen LogP contribution < -0.4 is 10.6 Å². The van der Waals surface area contributed by atoms with E-state index in [9.17, 15) is 4.79 Å². The van der Waals surface area contributed by atoms with E-state index in [2.05, 4.69) is 17.6 Å². The van der Waals surface area contributed by atoms with Gasteiger partial charge in [-0.15, -0.1) is 0 Å². The Morgan fingerprint density at radius 3 is 2.60 bits per heavy atom. The van der Waals surface area contributed by atoms with Crippen LogP contribution in [0.3, 0.4) is 0 Å². The molecule has 0 spiro atoms. The summed E-state index contributed by atoms with van der Waals surface area (Å²) in [5.74, 6) is 1.60. The summed E-state index contributed by atoms with van der Waals surface area (Å²) in [5.41, 5.74) is 0. The molecule has 4 heteroatoms. The monoisotopic (exact) mass is 282 g/mol. The van der Waals surface area contributed by atoms with Crippen LogP contribution in [0.2, 0.25) is 0 Å². The highest BCUT2D eigenvalue weighted by Crippen LogP contribution is 2.22.